The Bertz CT molecular complexity index is 1170. The second-order valence-corrected chi connectivity index (χ2v) is 8.41. The first-order valence-electron chi connectivity index (χ1n) is 9.73. The molecule has 3 heterocycles. The van der Waals surface area contributed by atoms with E-state index < -0.39 is 5.25 Å². The average Bonchev–Trinajstić information content (AvgIpc) is 3.36. The zero-order valence-electron chi connectivity index (χ0n) is 15.8. The molecular weight excluding hydrogens is 402 g/mol. The van der Waals surface area contributed by atoms with Crippen molar-refractivity contribution in [3.8, 4) is 11.5 Å². The van der Waals surface area contributed by atoms with Gasteiger partial charge in [0.25, 0.3) is 0 Å². The molecule has 0 bridgehead atoms. The Balaban J connectivity index is 1.34. The lowest BCUT2D eigenvalue weighted by Crippen LogP contribution is -2.36. The fraction of sp³-hybridized carbons (Fsp3) is 0.238. The summed E-state index contributed by atoms with van der Waals surface area (Å²) in [7, 11) is 0. The van der Waals surface area contributed by atoms with Gasteiger partial charge >= 0.3 is 0 Å². The highest BCUT2D eigenvalue weighted by molar-refractivity contribution is 8.01. The number of carbonyl (C=O) groups is 1. The molecule has 2 aromatic carbocycles. The van der Waals surface area contributed by atoms with E-state index in [1.54, 1.807) is 22.9 Å². The Morgan fingerprint density at radius 3 is 2.73 bits per heavy atom. The molecule has 0 saturated heterocycles. The molecule has 1 fully saturated rings. The van der Waals surface area contributed by atoms with Crippen molar-refractivity contribution in [2.24, 2.45) is 5.10 Å². The molecule has 8 nitrogen and oxygen atoms in total. The number of rotatable bonds is 4. The van der Waals surface area contributed by atoms with Crippen LogP contribution >= 0.6 is 11.8 Å². The minimum Gasteiger partial charge on any atom is -0.454 e. The zero-order valence-corrected chi connectivity index (χ0v) is 16.6. The average molecular weight is 419 g/mol. The first-order chi connectivity index (χ1) is 14.8. The quantitative estimate of drug-likeness (QED) is 0.698. The molecule has 9 heteroatoms. The maximum absolute atomic E-state index is 13.3. The number of nitrogens with one attached hydrogen (secondary N) is 1. The minimum atomic E-state index is -0.554. The smallest absolute Gasteiger partial charge is 0.244 e. The van der Waals surface area contributed by atoms with Crippen molar-refractivity contribution in [1.29, 1.82) is 0 Å². The fourth-order valence-electron chi connectivity index (χ4n) is 3.54. The van der Waals surface area contributed by atoms with Crippen LogP contribution in [0.25, 0.3) is 0 Å². The first kappa shape index (κ1) is 17.5. The van der Waals surface area contributed by atoms with Crippen LogP contribution < -0.4 is 14.8 Å². The Morgan fingerprint density at radius 2 is 1.90 bits per heavy atom. The number of fused-ring (bicyclic) bond motifs is 2. The van der Waals surface area contributed by atoms with Gasteiger partial charge in [0.15, 0.2) is 17.3 Å². The van der Waals surface area contributed by atoms with Gasteiger partial charge in [0.1, 0.15) is 5.25 Å². The van der Waals surface area contributed by atoms with Gasteiger partial charge in [-0.1, -0.05) is 42.1 Å². The maximum Gasteiger partial charge on any atom is 0.244 e. The van der Waals surface area contributed by atoms with Crippen molar-refractivity contribution in [3.05, 3.63) is 59.9 Å². The molecule has 1 atom stereocenters. The lowest BCUT2D eigenvalue weighted by molar-refractivity contribution is -0.114. The molecule has 2 aliphatic heterocycles. The van der Waals surface area contributed by atoms with Crippen LogP contribution in [0.4, 0.5) is 5.69 Å². The third-order valence-corrected chi connectivity index (χ3v) is 6.34. The monoisotopic (exact) mass is 419 g/mol. The molecule has 1 aliphatic carbocycles. The standard InChI is InChI=1S/C21H17N5O3S/c27-20(22-14-8-9-15-16(10-14)29-11-28-15)18-17(12-4-2-1-3-5-12)25-26-19(13-6-7-13)23-24-21(26)30-18/h1-5,8-10,13,18H,6-7,11H2,(H,22,27). The predicted octanol–water partition coefficient (Wildman–Crippen LogP) is 3.25. The highest BCUT2D eigenvalue weighted by Gasteiger charge is 2.37. The molecular formula is C21H17N5O3S. The Morgan fingerprint density at radius 1 is 1.07 bits per heavy atom. The number of nitrogens with zero attached hydrogens (tertiary/aromatic N) is 4. The highest BCUT2D eigenvalue weighted by Crippen LogP contribution is 2.42. The van der Waals surface area contributed by atoms with Gasteiger partial charge in [-0.15, -0.1) is 10.2 Å². The van der Waals surface area contributed by atoms with Gasteiger partial charge in [0.05, 0.1) is 5.71 Å². The van der Waals surface area contributed by atoms with Crippen molar-refractivity contribution >= 4 is 29.1 Å². The Labute approximate surface area is 176 Å². The molecule has 3 aliphatic rings. The number of anilines is 1. The van der Waals surface area contributed by atoms with E-state index in [-0.39, 0.29) is 12.7 Å². The zero-order chi connectivity index (χ0) is 20.1. The largest absolute Gasteiger partial charge is 0.454 e. The van der Waals surface area contributed by atoms with Gasteiger partial charge in [0.2, 0.25) is 17.9 Å². The lowest BCUT2D eigenvalue weighted by Gasteiger charge is -2.22. The van der Waals surface area contributed by atoms with Gasteiger partial charge < -0.3 is 14.8 Å². The summed E-state index contributed by atoms with van der Waals surface area (Å²) in [5, 5.41) is 16.5. The van der Waals surface area contributed by atoms with Gasteiger partial charge in [-0.2, -0.15) is 9.78 Å². The van der Waals surface area contributed by atoms with Crippen LogP contribution in [0.5, 0.6) is 11.5 Å². The van der Waals surface area contributed by atoms with E-state index in [0.29, 0.717) is 34.0 Å². The van der Waals surface area contributed by atoms with Crippen LogP contribution in [-0.4, -0.2) is 38.5 Å². The molecule has 3 aromatic rings. The maximum atomic E-state index is 13.3. The molecule has 1 N–H and O–H groups in total. The van der Waals surface area contributed by atoms with Crippen LogP contribution in [-0.2, 0) is 4.79 Å². The molecule has 0 spiro atoms. The van der Waals surface area contributed by atoms with E-state index in [9.17, 15) is 4.79 Å². The molecule has 1 amide bonds. The van der Waals surface area contributed by atoms with Gasteiger partial charge in [-0.3, -0.25) is 4.79 Å². The van der Waals surface area contributed by atoms with Crippen LogP contribution in [0, 0.1) is 0 Å². The first-order valence-corrected chi connectivity index (χ1v) is 10.6. The second kappa shape index (κ2) is 6.88. The summed E-state index contributed by atoms with van der Waals surface area (Å²) in [5.41, 5.74) is 2.23. The van der Waals surface area contributed by atoms with E-state index in [4.69, 9.17) is 14.6 Å². The van der Waals surface area contributed by atoms with Gasteiger partial charge in [-0.25, -0.2) is 0 Å². The van der Waals surface area contributed by atoms with Crippen molar-refractivity contribution in [1.82, 2.24) is 14.9 Å². The topological polar surface area (TPSA) is 90.6 Å². The molecule has 1 unspecified atom stereocenters. The van der Waals surface area contributed by atoms with Crippen molar-refractivity contribution in [3.63, 3.8) is 0 Å². The summed E-state index contributed by atoms with van der Waals surface area (Å²) >= 11 is 1.37. The number of amides is 1. The van der Waals surface area contributed by atoms with Crippen molar-refractivity contribution in [2.75, 3.05) is 12.1 Å². The summed E-state index contributed by atoms with van der Waals surface area (Å²) < 4.78 is 12.5. The van der Waals surface area contributed by atoms with Crippen LogP contribution in [0.3, 0.4) is 0 Å². The number of carbonyl (C=O) groups excluding carboxylic acids is 1. The molecule has 1 aromatic heterocycles. The summed E-state index contributed by atoms with van der Waals surface area (Å²) in [4.78, 5) is 13.3. The highest BCUT2D eigenvalue weighted by atomic mass is 32.2. The van der Waals surface area contributed by atoms with Gasteiger partial charge in [-0.05, 0) is 30.5 Å². The summed E-state index contributed by atoms with van der Waals surface area (Å²) in [6.07, 6.45) is 2.21. The number of aromatic nitrogens is 3. The Kier molecular flexibility index (Phi) is 4.02. The van der Waals surface area contributed by atoms with Crippen molar-refractivity contribution < 1.29 is 14.3 Å². The summed E-state index contributed by atoms with van der Waals surface area (Å²) in [5.74, 6) is 2.40. The number of thioether (sulfide) groups is 1. The van der Waals surface area contributed by atoms with E-state index >= 15 is 0 Å². The van der Waals surface area contributed by atoms with E-state index in [2.05, 4.69) is 15.5 Å². The van der Waals surface area contributed by atoms with Crippen LogP contribution in [0.2, 0.25) is 0 Å². The number of benzene rings is 2. The molecule has 0 radical (unpaired) electrons. The van der Waals surface area contributed by atoms with E-state index in [0.717, 1.165) is 24.2 Å². The molecule has 150 valence electrons. The van der Waals surface area contributed by atoms with E-state index in [1.165, 1.54) is 11.8 Å². The second-order valence-electron chi connectivity index (χ2n) is 7.33. The SMILES string of the molecule is O=C(Nc1ccc2c(c1)OCO2)C1Sc2nnc(C3CC3)n2N=C1c1ccccc1. The number of hydrogen-bond acceptors (Lipinski definition) is 7. The minimum absolute atomic E-state index is 0.177. The third kappa shape index (κ3) is 3.02. The van der Waals surface area contributed by atoms with Gasteiger partial charge in [0, 0.05) is 17.7 Å². The Hall–Kier alpha value is -3.33. The normalized spacial score (nSPS) is 19.2. The third-order valence-electron chi connectivity index (χ3n) is 5.21. The number of ether oxygens (including phenoxy) is 2. The molecule has 6 rings (SSSR count). The van der Waals surface area contributed by atoms with E-state index in [1.807, 2.05) is 30.3 Å². The van der Waals surface area contributed by atoms with Crippen molar-refractivity contribution in [2.45, 2.75) is 29.2 Å². The predicted molar refractivity (Wildman–Crippen MR) is 111 cm³/mol. The molecule has 30 heavy (non-hydrogen) atoms. The summed E-state index contributed by atoms with van der Waals surface area (Å²) in [6.45, 7) is 0.189. The lowest BCUT2D eigenvalue weighted by atomic mass is 10.1. The molecule has 1 saturated carbocycles. The van der Waals surface area contributed by atoms with Crippen LogP contribution in [0.1, 0.15) is 30.1 Å². The fourth-order valence-corrected chi connectivity index (χ4v) is 4.53. The number of hydrogen-bond donors (Lipinski definition) is 1. The van der Waals surface area contributed by atoms with Crippen LogP contribution in [0.15, 0.2) is 58.8 Å². The summed E-state index contributed by atoms with van der Waals surface area (Å²) in [6, 6.07) is 15.1.